The molecule has 4 N–H and O–H groups in total. The van der Waals surface area contributed by atoms with Crippen molar-refractivity contribution in [2.75, 3.05) is 32.9 Å². The maximum atomic E-state index is 13.5. The van der Waals surface area contributed by atoms with Gasteiger partial charge in [0.2, 0.25) is 11.8 Å². The summed E-state index contributed by atoms with van der Waals surface area (Å²) in [5.74, 6) is -1.31. The number of aliphatic hydroxyl groups excluding tert-OH is 2. The molecule has 11 heteroatoms. The van der Waals surface area contributed by atoms with Crippen LogP contribution in [0, 0.1) is 11.8 Å². The Hall–Kier alpha value is -3.25. The lowest BCUT2D eigenvalue weighted by Crippen LogP contribution is -2.44. The Morgan fingerprint density at radius 2 is 1.76 bits per heavy atom. The summed E-state index contributed by atoms with van der Waals surface area (Å²) in [6.45, 7) is 0.139. The highest BCUT2D eigenvalue weighted by molar-refractivity contribution is 5.95. The van der Waals surface area contributed by atoms with Crippen LogP contribution < -0.4 is 10.6 Å². The predicted octanol–water partition coefficient (Wildman–Crippen LogP) is 1.44. The van der Waals surface area contributed by atoms with Crippen LogP contribution in [0.25, 0.3) is 6.08 Å². The molecule has 11 nitrogen and oxygen atoms in total. The summed E-state index contributed by atoms with van der Waals surface area (Å²) in [5.41, 5.74) is 1.33. The van der Waals surface area contributed by atoms with Gasteiger partial charge in [-0.15, -0.1) is 0 Å². The van der Waals surface area contributed by atoms with E-state index in [4.69, 9.17) is 29.2 Å². The standard InChI is InChI=1S/C30H38N2O9/c33-13-12-31-26(35)9-11-32-28(36)20-17-24(27-25(18-20)40-30(41-27,21-5-6-21)22-7-8-22)39-29(37)23-4-2-1-3-19(23)10-15-38-16-14-34/h1-4,10,15,18,21-22,24-25,27,33-34H,5-9,11-14,16-17H2,(H,31,35)(H,32,36)/t24-,25-,27+/m1/s1. The Balaban J connectivity index is 1.31. The zero-order chi connectivity index (χ0) is 28.8. The van der Waals surface area contributed by atoms with Gasteiger partial charge >= 0.3 is 5.97 Å². The van der Waals surface area contributed by atoms with Gasteiger partial charge in [-0.2, -0.15) is 0 Å². The molecule has 2 saturated carbocycles. The van der Waals surface area contributed by atoms with Crippen molar-refractivity contribution in [3.8, 4) is 0 Å². The molecule has 4 aliphatic rings. The van der Waals surface area contributed by atoms with E-state index in [9.17, 15) is 14.4 Å². The molecule has 2 amide bonds. The highest BCUT2D eigenvalue weighted by atomic mass is 16.8. The summed E-state index contributed by atoms with van der Waals surface area (Å²) in [6, 6.07) is 6.95. The van der Waals surface area contributed by atoms with Crippen molar-refractivity contribution in [1.29, 1.82) is 0 Å². The highest BCUT2D eigenvalue weighted by Crippen LogP contribution is 2.59. The van der Waals surface area contributed by atoms with Crippen LogP contribution >= 0.6 is 0 Å². The van der Waals surface area contributed by atoms with Gasteiger partial charge < -0.3 is 39.8 Å². The fourth-order valence-corrected chi connectivity index (χ4v) is 5.53. The molecular formula is C30H38N2O9. The largest absolute Gasteiger partial charge is 0.499 e. The van der Waals surface area contributed by atoms with E-state index in [-0.39, 0.29) is 57.6 Å². The lowest BCUT2D eigenvalue weighted by Gasteiger charge is -2.31. The first kappa shape index (κ1) is 29.2. The van der Waals surface area contributed by atoms with Crippen LogP contribution in [-0.4, -0.2) is 85.0 Å². The number of rotatable bonds is 14. The van der Waals surface area contributed by atoms with Crippen LogP contribution in [0.15, 0.2) is 42.2 Å². The third-order valence-corrected chi connectivity index (χ3v) is 7.77. The zero-order valence-electron chi connectivity index (χ0n) is 23.0. The first-order valence-electron chi connectivity index (χ1n) is 14.4. The third-order valence-electron chi connectivity index (χ3n) is 7.77. The molecule has 0 aromatic heterocycles. The van der Waals surface area contributed by atoms with Gasteiger partial charge in [0, 0.05) is 43.3 Å². The third kappa shape index (κ3) is 6.98. The summed E-state index contributed by atoms with van der Waals surface area (Å²) in [6.07, 6.45) is 7.28. The van der Waals surface area contributed by atoms with E-state index >= 15 is 0 Å². The van der Waals surface area contributed by atoms with Crippen molar-refractivity contribution >= 4 is 23.9 Å². The smallest absolute Gasteiger partial charge is 0.339 e. The number of hydrogen-bond acceptors (Lipinski definition) is 9. The fraction of sp³-hybridized carbons (Fsp3) is 0.567. The number of aliphatic hydroxyl groups is 2. The van der Waals surface area contributed by atoms with Gasteiger partial charge in [0.25, 0.3) is 0 Å². The predicted molar refractivity (Wildman–Crippen MR) is 146 cm³/mol. The molecule has 1 heterocycles. The lowest BCUT2D eigenvalue weighted by atomic mass is 9.91. The minimum atomic E-state index is -0.756. The second-order valence-electron chi connectivity index (χ2n) is 10.8. The van der Waals surface area contributed by atoms with Gasteiger partial charge in [-0.05, 0) is 49.5 Å². The SMILES string of the molecule is O=C(CCNC(=O)C1=C[C@H]2OC(C3CC3)(C3CC3)O[C@H]2[C@H](OC(=O)c2ccccc2C=COCCO)C1)NCCO. The number of fused-ring (bicyclic) bond motifs is 1. The van der Waals surface area contributed by atoms with Gasteiger partial charge in [0.05, 0.1) is 25.0 Å². The van der Waals surface area contributed by atoms with Crippen molar-refractivity contribution in [2.24, 2.45) is 11.8 Å². The normalized spacial score (nSPS) is 24.8. The van der Waals surface area contributed by atoms with Crippen molar-refractivity contribution in [3.63, 3.8) is 0 Å². The summed E-state index contributed by atoms with van der Waals surface area (Å²) >= 11 is 0. The van der Waals surface area contributed by atoms with Gasteiger partial charge in [-0.3, -0.25) is 9.59 Å². The Morgan fingerprint density at radius 3 is 2.46 bits per heavy atom. The Bertz CT molecular complexity index is 1160. The lowest BCUT2D eigenvalue weighted by molar-refractivity contribution is -0.209. The average molecular weight is 571 g/mol. The summed E-state index contributed by atoms with van der Waals surface area (Å²) in [7, 11) is 0. The Kier molecular flexibility index (Phi) is 9.39. The molecule has 1 saturated heterocycles. The van der Waals surface area contributed by atoms with E-state index in [1.165, 1.54) is 6.26 Å². The van der Waals surface area contributed by atoms with Crippen molar-refractivity contribution in [1.82, 2.24) is 10.6 Å². The van der Waals surface area contributed by atoms with Crippen LogP contribution in [0.3, 0.4) is 0 Å². The number of benzene rings is 1. The minimum Gasteiger partial charge on any atom is -0.499 e. The second kappa shape index (κ2) is 13.2. The van der Waals surface area contributed by atoms with Gasteiger partial charge in [-0.25, -0.2) is 4.79 Å². The van der Waals surface area contributed by atoms with Gasteiger partial charge in [0.1, 0.15) is 24.9 Å². The summed E-state index contributed by atoms with van der Waals surface area (Å²) in [4.78, 5) is 38.4. The number of hydrogen-bond donors (Lipinski definition) is 4. The molecule has 1 aromatic rings. The molecule has 3 aliphatic carbocycles. The van der Waals surface area contributed by atoms with Gasteiger partial charge in [0.15, 0.2) is 5.79 Å². The van der Waals surface area contributed by atoms with E-state index in [1.807, 2.05) is 0 Å². The van der Waals surface area contributed by atoms with Crippen molar-refractivity contribution in [3.05, 3.63) is 53.3 Å². The maximum absolute atomic E-state index is 13.5. The molecule has 0 radical (unpaired) electrons. The fourth-order valence-electron chi connectivity index (χ4n) is 5.53. The van der Waals surface area contributed by atoms with Crippen LogP contribution in [0.2, 0.25) is 0 Å². The van der Waals surface area contributed by atoms with E-state index < -0.39 is 30.1 Å². The average Bonchev–Trinajstić information content (AvgIpc) is 3.91. The molecule has 3 fully saturated rings. The first-order valence-corrected chi connectivity index (χ1v) is 14.4. The van der Waals surface area contributed by atoms with Crippen LogP contribution in [0.5, 0.6) is 0 Å². The summed E-state index contributed by atoms with van der Waals surface area (Å²) in [5, 5.41) is 23.1. The number of esters is 1. The monoisotopic (exact) mass is 570 g/mol. The number of amides is 2. The minimum absolute atomic E-state index is 0.0713. The Labute approximate surface area is 238 Å². The molecule has 3 atom stereocenters. The van der Waals surface area contributed by atoms with Crippen LogP contribution in [0.4, 0.5) is 0 Å². The topological polar surface area (TPSA) is 153 Å². The molecule has 0 unspecified atom stereocenters. The molecule has 0 bridgehead atoms. The van der Waals surface area contributed by atoms with Crippen molar-refractivity contribution < 1.29 is 43.5 Å². The van der Waals surface area contributed by atoms with Crippen molar-refractivity contribution in [2.45, 2.75) is 62.6 Å². The van der Waals surface area contributed by atoms with Gasteiger partial charge in [-0.1, -0.05) is 18.2 Å². The number of carbonyl (C=O) groups excluding carboxylic acids is 3. The van der Waals surface area contributed by atoms with E-state index in [1.54, 1.807) is 36.4 Å². The number of nitrogens with one attached hydrogen (secondary N) is 2. The molecule has 1 aromatic carbocycles. The van der Waals surface area contributed by atoms with E-state index in [2.05, 4.69) is 10.6 Å². The van der Waals surface area contributed by atoms with E-state index in [0.29, 0.717) is 28.5 Å². The van der Waals surface area contributed by atoms with E-state index in [0.717, 1.165) is 25.7 Å². The first-order chi connectivity index (χ1) is 19.9. The molecular weight excluding hydrogens is 532 g/mol. The molecule has 1 aliphatic heterocycles. The molecule has 0 spiro atoms. The molecule has 41 heavy (non-hydrogen) atoms. The summed E-state index contributed by atoms with van der Waals surface area (Å²) < 4.78 is 24.5. The Morgan fingerprint density at radius 1 is 1.00 bits per heavy atom. The maximum Gasteiger partial charge on any atom is 0.339 e. The zero-order valence-corrected chi connectivity index (χ0v) is 23.0. The van der Waals surface area contributed by atoms with Crippen LogP contribution in [-0.2, 0) is 28.5 Å². The highest BCUT2D eigenvalue weighted by Gasteiger charge is 2.64. The second-order valence-corrected chi connectivity index (χ2v) is 10.8. The molecule has 222 valence electrons. The van der Waals surface area contributed by atoms with Crippen LogP contribution in [0.1, 0.15) is 54.4 Å². The molecule has 5 rings (SSSR count). The number of carbonyl (C=O) groups is 3. The quantitative estimate of drug-likeness (QED) is 0.148. The number of ether oxygens (including phenoxy) is 4.